The van der Waals surface area contributed by atoms with Crippen LogP contribution in [0.3, 0.4) is 0 Å². The smallest absolute Gasteiger partial charge is 0.303 e. The predicted octanol–water partition coefficient (Wildman–Crippen LogP) is 10.4. The summed E-state index contributed by atoms with van der Waals surface area (Å²) in [5.74, 6) is -2.78. The van der Waals surface area contributed by atoms with E-state index in [4.69, 9.17) is 20.4 Å². The van der Waals surface area contributed by atoms with E-state index in [1.54, 1.807) is 0 Å². The van der Waals surface area contributed by atoms with Crippen LogP contribution in [0.4, 0.5) is 0 Å². The largest absolute Gasteiger partial charge is 0.481 e. The minimum absolute atomic E-state index is 0.283. The van der Waals surface area contributed by atoms with E-state index in [1.807, 2.05) is 12.2 Å². The lowest BCUT2D eigenvalue weighted by Crippen LogP contribution is -1.93. The molecule has 0 aromatic rings. The van der Waals surface area contributed by atoms with Crippen LogP contribution in [0, 0.1) is 0 Å². The van der Waals surface area contributed by atoms with E-state index in [2.05, 4.69) is 38.5 Å². The maximum absolute atomic E-state index is 10.3. The Morgan fingerprint density at radius 1 is 0.364 bits per heavy atom. The summed E-state index contributed by atoms with van der Waals surface area (Å²) in [5.41, 5.74) is 0. The van der Waals surface area contributed by atoms with Gasteiger partial charge < -0.3 is 20.4 Å². The molecule has 4 N–H and O–H groups in total. The molecule has 0 aliphatic rings. The molecule has 0 aliphatic carbocycles. The van der Waals surface area contributed by atoms with Gasteiger partial charge in [0.2, 0.25) is 0 Å². The number of aliphatic carboxylic acids is 4. The third kappa shape index (κ3) is 62.5. The lowest BCUT2D eigenvalue weighted by atomic mass is 10.1. The first kappa shape index (κ1) is 47.8. The second kappa shape index (κ2) is 44.3. The number of unbranched alkanes of at least 4 members (excludes halogenated alkanes) is 16. The minimum Gasteiger partial charge on any atom is -0.481 e. The Morgan fingerprint density at radius 3 is 0.818 bits per heavy atom. The van der Waals surface area contributed by atoms with Crippen molar-refractivity contribution in [3.63, 3.8) is 0 Å². The van der Waals surface area contributed by atoms with Crippen LogP contribution >= 0.6 is 0 Å². The Labute approximate surface area is 268 Å². The molecule has 0 saturated heterocycles. The van der Waals surface area contributed by atoms with Crippen LogP contribution < -0.4 is 0 Å². The summed E-state index contributed by atoms with van der Waals surface area (Å²) in [6.45, 7) is 13.2. The highest BCUT2D eigenvalue weighted by Crippen LogP contribution is 2.09. The third-order valence-corrected chi connectivity index (χ3v) is 6.29. The van der Waals surface area contributed by atoms with Crippen molar-refractivity contribution in [1.29, 1.82) is 0 Å². The van der Waals surface area contributed by atoms with E-state index < -0.39 is 23.9 Å². The molecule has 8 nitrogen and oxygen atoms in total. The summed E-state index contributed by atoms with van der Waals surface area (Å²) in [7, 11) is 0. The molecule has 0 atom stereocenters. The van der Waals surface area contributed by atoms with Crippen molar-refractivity contribution in [1.82, 2.24) is 0 Å². The summed E-state index contributed by atoms with van der Waals surface area (Å²) in [4.78, 5) is 40.7. The molecule has 0 amide bonds. The molecule has 256 valence electrons. The second-order valence-corrected chi connectivity index (χ2v) is 10.4. The van der Waals surface area contributed by atoms with Gasteiger partial charge in [-0.2, -0.15) is 0 Å². The molecule has 0 aromatic carbocycles. The monoisotopic (exact) mass is 624 g/mol. The molecule has 0 unspecified atom stereocenters. The van der Waals surface area contributed by atoms with Gasteiger partial charge in [0.25, 0.3) is 0 Å². The summed E-state index contributed by atoms with van der Waals surface area (Å²) < 4.78 is 0. The number of carboxylic acids is 4. The highest BCUT2D eigenvalue weighted by atomic mass is 16.4. The normalized spacial score (nSPS) is 9.82. The quantitative estimate of drug-likeness (QED) is 0.0496. The van der Waals surface area contributed by atoms with Crippen LogP contribution in [-0.4, -0.2) is 44.3 Å². The Balaban J connectivity index is -0.000000285. The van der Waals surface area contributed by atoms with Gasteiger partial charge in [-0.3, -0.25) is 19.2 Å². The van der Waals surface area contributed by atoms with Gasteiger partial charge in [-0.1, -0.05) is 75.7 Å². The number of hydrogen-bond acceptors (Lipinski definition) is 4. The summed E-state index contributed by atoms with van der Waals surface area (Å²) in [6.07, 6.45) is 30.0. The highest BCUT2D eigenvalue weighted by Gasteiger charge is 1.97. The molecule has 0 rings (SSSR count). The van der Waals surface area contributed by atoms with E-state index in [0.717, 1.165) is 103 Å². The van der Waals surface area contributed by atoms with E-state index in [1.165, 1.54) is 25.7 Å². The molecule has 0 saturated carbocycles. The van der Waals surface area contributed by atoms with Crippen LogP contribution in [0.2, 0.25) is 0 Å². The molecule has 0 fully saturated rings. The number of allylic oxidation sites excluding steroid dienone is 4. The Bertz CT molecular complexity index is 715. The highest BCUT2D eigenvalue weighted by molar-refractivity contribution is 5.67. The number of carbonyl (C=O) groups is 4. The average Bonchev–Trinajstić information content (AvgIpc) is 2.98. The molecule has 0 radical (unpaired) electrons. The molecule has 0 bridgehead atoms. The summed E-state index contributed by atoms with van der Waals surface area (Å²) in [6, 6.07) is 0. The first-order valence-corrected chi connectivity index (χ1v) is 16.4. The van der Waals surface area contributed by atoms with Crippen LogP contribution in [0.1, 0.15) is 154 Å². The standard InChI is InChI=1S/C16H28O4.C10H18O2.C8H14O2.C2H4/c17-15(18)13-11-9-7-5-3-1-2-4-6-8-10-12-14-16(19)20;1-2-3-4-5-6-7-8-9-10(11)12;1-2-3-4-5-6-7-8(9)10;1-2/h1,3H,2,4-14H2,(H,17,18)(H,19,20);2H,1,3-9H2,(H,11,12);2H,1,3-7H2,(H,9,10);1-2H2/b3-1-;;;. The van der Waals surface area contributed by atoms with Gasteiger partial charge >= 0.3 is 23.9 Å². The third-order valence-electron chi connectivity index (χ3n) is 6.29. The average molecular weight is 625 g/mol. The molecule has 8 heteroatoms. The molecule has 0 aromatic heterocycles. The minimum atomic E-state index is -0.705. The molecule has 44 heavy (non-hydrogen) atoms. The maximum atomic E-state index is 10.3. The van der Waals surface area contributed by atoms with Crippen molar-refractivity contribution in [2.45, 2.75) is 154 Å². The Kier molecular flexibility index (Phi) is 48.1. The second-order valence-electron chi connectivity index (χ2n) is 10.4. The fourth-order valence-electron chi connectivity index (χ4n) is 3.86. The Morgan fingerprint density at radius 2 is 0.568 bits per heavy atom. The van der Waals surface area contributed by atoms with Gasteiger partial charge in [0.05, 0.1) is 0 Å². The van der Waals surface area contributed by atoms with E-state index in [9.17, 15) is 19.2 Å². The molecular weight excluding hydrogens is 560 g/mol. The van der Waals surface area contributed by atoms with Crippen molar-refractivity contribution in [2.24, 2.45) is 0 Å². The van der Waals surface area contributed by atoms with E-state index in [0.29, 0.717) is 19.3 Å². The zero-order chi connectivity index (χ0) is 34.1. The fourth-order valence-corrected chi connectivity index (χ4v) is 3.86. The number of hydrogen-bond donors (Lipinski definition) is 4. The number of carboxylic acid groups (broad SMARTS) is 4. The molecule has 0 aliphatic heterocycles. The topological polar surface area (TPSA) is 149 Å². The van der Waals surface area contributed by atoms with Gasteiger partial charge in [0.1, 0.15) is 0 Å². The van der Waals surface area contributed by atoms with Crippen LogP contribution in [-0.2, 0) is 19.2 Å². The number of rotatable bonds is 28. The maximum Gasteiger partial charge on any atom is 0.303 e. The van der Waals surface area contributed by atoms with Crippen LogP contribution in [0.15, 0.2) is 50.6 Å². The lowest BCUT2D eigenvalue weighted by Gasteiger charge is -1.98. The molecule has 0 heterocycles. The van der Waals surface area contributed by atoms with Crippen LogP contribution in [0.5, 0.6) is 0 Å². The first-order chi connectivity index (χ1) is 21.2. The van der Waals surface area contributed by atoms with Gasteiger partial charge in [-0.05, 0) is 77.0 Å². The zero-order valence-electron chi connectivity index (χ0n) is 27.5. The van der Waals surface area contributed by atoms with Crippen molar-refractivity contribution in [2.75, 3.05) is 0 Å². The van der Waals surface area contributed by atoms with Crippen molar-refractivity contribution >= 4 is 23.9 Å². The summed E-state index contributed by atoms with van der Waals surface area (Å²) in [5, 5.41) is 33.5. The van der Waals surface area contributed by atoms with Crippen molar-refractivity contribution < 1.29 is 39.6 Å². The predicted molar refractivity (Wildman–Crippen MR) is 182 cm³/mol. The van der Waals surface area contributed by atoms with Gasteiger partial charge in [0, 0.05) is 25.7 Å². The Hall–Kier alpha value is -3.16. The first-order valence-electron chi connectivity index (χ1n) is 16.4. The van der Waals surface area contributed by atoms with Gasteiger partial charge in [-0.15, -0.1) is 26.3 Å². The lowest BCUT2D eigenvalue weighted by molar-refractivity contribution is -0.138. The fraction of sp³-hybridized carbons (Fsp3) is 0.667. The van der Waals surface area contributed by atoms with Crippen molar-refractivity contribution in [3.05, 3.63) is 50.6 Å². The van der Waals surface area contributed by atoms with Gasteiger partial charge in [-0.25, -0.2) is 0 Å². The summed E-state index contributed by atoms with van der Waals surface area (Å²) >= 11 is 0. The van der Waals surface area contributed by atoms with Crippen LogP contribution in [0.25, 0.3) is 0 Å². The van der Waals surface area contributed by atoms with Gasteiger partial charge in [0.15, 0.2) is 0 Å². The molecule has 0 spiro atoms. The molecular formula is C36H64O8. The van der Waals surface area contributed by atoms with E-state index >= 15 is 0 Å². The zero-order valence-corrected chi connectivity index (χ0v) is 27.5. The SMILES string of the molecule is C=C.C=CCCCCCC(=O)O.C=CCCCCCCCC(=O)O.O=C(O)CCCCC/C=C\CCCCCCCC(=O)O. The van der Waals surface area contributed by atoms with E-state index in [-0.39, 0.29) is 6.42 Å². The van der Waals surface area contributed by atoms with Crippen molar-refractivity contribution in [3.8, 4) is 0 Å².